The van der Waals surface area contributed by atoms with Crippen LogP contribution < -0.4 is 0 Å². The number of rotatable bonds is 5. The number of piperidine rings is 1. The number of pyridine rings is 2. The van der Waals surface area contributed by atoms with E-state index in [1.54, 1.807) is 6.20 Å². The predicted octanol–water partition coefficient (Wildman–Crippen LogP) is 3.04. The highest BCUT2D eigenvalue weighted by atomic mass is 16.5. The lowest BCUT2D eigenvalue weighted by Gasteiger charge is -2.30. The molecule has 28 heavy (non-hydrogen) atoms. The lowest BCUT2D eigenvalue weighted by atomic mass is 9.96. The monoisotopic (exact) mass is 377 g/mol. The molecule has 1 fully saturated rings. The van der Waals surface area contributed by atoms with Gasteiger partial charge < -0.3 is 9.42 Å². The molecule has 1 aliphatic heterocycles. The summed E-state index contributed by atoms with van der Waals surface area (Å²) in [6.07, 6.45) is 6.49. The van der Waals surface area contributed by atoms with E-state index in [1.165, 1.54) is 5.56 Å². The number of likely N-dealkylation sites (tertiary alicyclic amines) is 1. The zero-order valence-electron chi connectivity index (χ0n) is 15.9. The number of carbonyl (C=O) groups is 1. The first-order valence-corrected chi connectivity index (χ1v) is 9.69. The molecule has 4 rings (SSSR count). The number of hydrogen-bond acceptors (Lipinski definition) is 6. The van der Waals surface area contributed by atoms with Crippen molar-refractivity contribution in [2.24, 2.45) is 0 Å². The Balaban J connectivity index is 1.33. The predicted molar refractivity (Wildman–Crippen MR) is 103 cm³/mol. The summed E-state index contributed by atoms with van der Waals surface area (Å²) in [7, 11) is 0. The minimum absolute atomic E-state index is 0.120. The fourth-order valence-electron chi connectivity index (χ4n) is 3.41. The third kappa shape index (κ3) is 4.08. The quantitative estimate of drug-likeness (QED) is 0.679. The molecule has 0 saturated carbocycles. The summed E-state index contributed by atoms with van der Waals surface area (Å²) < 4.78 is 5.46. The number of hydrogen-bond donors (Lipinski definition) is 0. The van der Waals surface area contributed by atoms with E-state index < -0.39 is 0 Å². The standard InChI is InChI=1S/C21H23N5O2/c1-2-15-6-7-17(23-14-15)13-19(27)26-11-8-16(9-12-26)21-24-20(25-28-21)18-5-3-4-10-22-18/h3-7,10,14,16H,2,8-9,11-13H2,1H3. The normalized spacial score (nSPS) is 15.0. The van der Waals surface area contributed by atoms with Gasteiger partial charge in [-0.1, -0.05) is 24.2 Å². The molecule has 0 spiro atoms. The van der Waals surface area contributed by atoms with Gasteiger partial charge in [0.1, 0.15) is 5.69 Å². The minimum atomic E-state index is 0.120. The maximum atomic E-state index is 12.6. The van der Waals surface area contributed by atoms with Crippen LogP contribution in [0.3, 0.4) is 0 Å². The Bertz CT molecular complexity index is 915. The molecule has 1 saturated heterocycles. The van der Waals surface area contributed by atoms with Gasteiger partial charge in [0.25, 0.3) is 0 Å². The zero-order chi connectivity index (χ0) is 19.3. The van der Waals surface area contributed by atoms with E-state index in [4.69, 9.17) is 4.52 Å². The molecule has 3 aromatic heterocycles. The first kappa shape index (κ1) is 18.3. The van der Waals surface area contributed by atoms with E-state index in [2.05, 4.69) is 27.0 Å². The molecule has 3 aromatic rings. The van der Waals surface area contributed by atoms with Crippen molar-refractivity contribution in [2.45, 2.75) is 38.5 Å². The molecule has 0 aromatic carbocycles. The van der Waals surface area contributed by atoms with Crippen LogP contribution in [0.15, 0.2) is 47.2 Å². The summed E-state index contributed by atoms with van der Waals surface area (Å²) in [6, 6.07) is 9.59. The number of aryl methyl sites for hydroxylation is 1. The summed E-state index contributed by atoms with van der Waals surface area (Å²) >= 11 is 0. The van der Waals surface area contributed by atoms with Gasteiger partial charge in [-0.15, -0.1) is 0 Å². The summed E-state index contributed by atoms with van der Waals surface area (Å²) in [4.78, 5) is 27.6. The number of nitrogens with zero attached hydrogens (tertiary/aromatic N) is 5. The molecule has 0 atom stereocenters. The van der Waals surface area contributed by atoms with Gasteiger partial charge in [0.15, 0.2) is 0 Å². The average molecular weight is 377 g/mol. The molecule has 1 aliphatic rings. The van der Waals surface area contributed by atoms with E-state index >= 15 is 0 Å². The van der Waals surface area contributed by atoms with Gasteiger partial charge in [-0.05, 0) is 43.0 Å². The third-order valence-electron chi connectivity index (χ3n) is 5.16. The number of amides is 1. The molecule has 0 aliphatic carbocycles. The molecular formula is C21H23N5O2. The first-order valence-electron chi connectivity index (χ1n) is 9.69. The average Bonchev–Trinajstić information content (AvgIpc) is 3.25. The Morgan fingerprint density at radius 2 is 2.04 bits per heavy atom. The summed E-state index contributed by atoms with van der Waals surface area (Å²) in [5, 5.41) is 4.05. The highest BCUT2D eigenvalue weighted by molar-refractivity contribution is 5.78. The van der Waals surface area contributed by atoms with Gasteiger partial charge in [-0.2, -0.15) is 4.98 Å². The van der Waals surface area contributed by atoms with E-state index in [-0.39, 0.29) is 11.8 Å². The molecule has 1 amide bonds. The smallest absolute Gasteiger partial charge is 0.230 e. The fourth-order valence-corrected chi connectivity index (χ4v) is 3.41. The highest BCUT2D eigenvalue weighted by Crippen LogP contribution is 2.28. The molecule has 144 valence electrons. The zero-order valence-corrected chi connectivity index (χ0v) is 15.9. The van der Waals surface area contributed by atoms with Crippen LogP contribution in [0.1, 0.15) is 42.8 Å². The summed E-state index contributed by atoms with van der Waals surface area (Å²) in [5.74, 6) is 1.44. The van der Waals surface area contributed by atoms with Crippen molar-refractivity contribution >= 4 is 5.91 Å². The van der Waals surface area contributed by atoms with Crippen molar-refractivity contribution in [2.75, 3.05) is 13.1 Å². The van der Waals surface area contributed by atoms with Crippen molar-refractivity contribution in [3.63, 3.8) is 0 Å². The third-order valence-corrected chi connectivity index (χ3v) is 5.16. The highest BCUT2D eigenvalue weighted by Gasteiger charge is 2.28. The van der Waals surface area contributed by atoms with Crippen LogP contribution in [0, 0.1) is 0 Å². The van der Waals surface area contributed by atoms with E-state index in [0.717, 1.165) is 25.0 Å². The largest absolute Gasteiger partial charge is 0.342 e. The van der Waals surface area contributed by atoms with Crippen LogP contribution in [-0.4, -0.2) is 44.0 Å². The molecule has 7 nitrogen and oxygen atoms in total. The summed E-state index contributed by atoms with van der Waals surface area (Å²) in [5.41, 5.74) is 2.70. The second-order valence-electron chi connectivity index (χ2n) is 7.01. The van der Waals surface area contributed by atoms with Crippen molar-refractivity contribution in [3.05, 3.63) is 59.9 Å². The topological polar surface area (TPSA) is 85.0 Å². The Labute approximate surface area is 163 Å². The van der Waals surface area contributed by atoms with E-state index in [0.29, 0.717) is 36.9 Å². The molecule has 0 N–H and O–H groups in total. The Morgan fingerprint density at radius 1 is 1.18 bits per heavy atom. The maximum absolute atomic E-state index is 12.6. The van der Waals surface area contributed by atoms with Crippen LogP contribution in [0.4, 0.5) is 0 Å². The number of carbonyl (C=O) groups excluding carboxylic acids is 1. The van der Waals surface area contributed by atoms with E-state index in [1.807, 2.05) is 41.4 Å². The van der Waals surface area contributed by atoms with Gasteiger partial charge >= 0.3 is 0 Å². The Morgan fingerprint density at radius 3 is 2.71 bits per heavy atom. The summed E-state index contributed by atoms with van der Waals surface area (Å²) in [6.45, 7) is 3.48. The van der Waals surface area contributed by atoms with Crippen molar-refractivity contribution in [3.8, 4) is 11.5 Å². The molecule has 4 heterocycles. The van der Waals surface area contributed by atoms with Crippen LogP contribution in [0.25, 0.3) is 11.5 Å². The molecule has 0 radical (unpaired) electrons. The van der Waals surface area contributed by atoms with Gasteiger partial charge in [0, 0.05) is 37.1 Å². The van der Waals surface area contributed by atoms with Crippen LogP contribution >= 0.6 is 0 Å². The van der Waals surface area contributed by atoms with Crippen molar-refractivity contribution in [1.29, 1.82) is 0 Å². The SMILES string of the molecule is CCc1ccc(CC(=O)N2CCC(c3nc(-c4ccccn4)no3)CC2)nc1. The van der Waals surface area contributed by atoms with Crippen molar-refractivity contribution in [1.82, 2.24) is 25.0 Å². The second-order valence-corrected chi connectivity index (χ2v) is 7.01. The van der Waals surface area contributed by atoms with Gasteiger partial charge in [0.05, 0.1) is 6.42 Å². The molecule has 7 heteroatoms. The van der Waals surface area contributed by atoms with Crippen molar-refractivity contribution < 1.29 is 9.32 Å². The Kier molecular flexibility index (Phi) is 5.41. The van der Waals surface area contributed by atoms with Crippen LogP contribution in [-0.2, 0) is 17.6 Å². The maximum Gasteiger partial charge on any atom is 0.230 e. The molecular weight excluding hydrogens is 354 g/mol. The van der Waals surface area contributed by atoms with Gasteiger partial charge in [-0.25, -0.2) is 0 Å². The van der Waals surface area contributed by atoms with E-state index in [9.17, 15) is 4.79 Å². The Hall–Kier alpha value is -3.09. The minimum Gasteiger partial charge on any atom is -0.342 e. The second kappa shape index (κ2) is 8.29. The van der Waals surface area contributed by atoms with Crippen LogP contribution in [0.2, 0.25) is 0 Å². The van der Waals surface area contributed by atoms with Gasteiger partial charge in [0.2, 0.25) is 17.6 Å². The first-order chi connectivity index (χ1) is 13.7. The fraction of sp³-hybridized carbons (Fsp3) is 0.381. The lowest BCUT2D eigenvalue weighted by molar-refractivity contribution is -0.131. The molecule has 0 bridgehead atoms. The van der Waals surface area contributed by atoms with Crippen LogP contribution in [0.5, 0.6) is 0 Å². The van der Waals surface area contributed by atoms with Gasteiger partial charge in [-0.3, -0.25) is 14.8 Å². The molecule has 0 unspecified atom stereocenters. The number of aromatic nitrogens is 4. The lowest BCUT2D eigenvalue weighted by Crippen LogP contribution is -2.39.